The van der Waals surface area contributed by atoms with Crippen LogP contribution in [0.1, 0.15) is 22.8 Å². The lowest BCUT2D eigenvalue weighted by molar-refractivity contribution is 0.147. The highest BCUT2D eigenvalue weighted by molar-refractivity contribution is 7.49. The molecule has 5 rings (SSSR count). The minimum atomic E-state index is -4.17. The molecule has 5 heteroatoms. The molecule has 0 aliphatic heterocycles. The first kappa shape index (κ1) is 26.5. The molecule has 0 amide bonds. The Bertz CT molecular complexity index is 1360. The minimum Gasteiger partial charge on any atom is -0.395 e. The third-order valence-electron chi connectivity index (χ3n) is 6.18. The van der Waals surface area contributed by atoms with Gasteiger partial charge in [-0.05, 0) is 53.8 Å². The Balaban J connectivity index is 1.55. The van der Waals surface area contributed by atoms with Crippen molar-refractivity contribution in [3.05, 3.63) is 174 Å². The topological polar surface area (TPSA) is 44.8 Å². The highest BCUT2D eigenvalue weighted by Crippen LogP contribution is 2.55. The van der Waals surface area contributed by atoms with Gasteiger partial charge in [0.15, 0.2) is 0 Å². The fraction of sp³-hybridized carbons (Fsp3) is 0.0882. The minimum absolute atomic E-state index is 0.399. The first-order valence-corrected chi connectivity index (χ1v) is 14.4. The van der Waals surface area contributed by atoms with Crippen LogP contribution in [0.4, 0.5) is 0 Å². The second kappa shape index (κ2) is 13.1. The van der Waals surface area contributed by atoms with Gasteiger partial charge in [0.25, 0.3) is 0 Å². The third kappa shape index (κ3) is 7.70. The van der Waals surface area contributed by atoms with E-state index in [0.29, 0.717) is 24.3 Å². The average molecular weight is 534 g/mol. The zero-order valence-electron chi connectivity index (χ0n) is 21.5. The van der Waals surface area contributed by atoms with Gasteiger partial charge in [-0.2, -0.15) is 0 Å². The Morgan fingerprint density at radius 1 is 0.513 bits per heavy atom. The van der Waals surface area contributed by atoms with Crippen LogP contribution >= 0.6 is 7.82 Å². The molecule has 0 aromatic heterocycles. The van der Waals surface area contributed by atoms with Gasteiger partial charge in [-0.1, -0.05) is 127 Å². The van der Waals surface area contributed by atoms with Gasteiger partial charge in [0.2, 0.25) is 0 Å². The maximum absolute atomic E-state index is 14.5. The fourth-order valence-electron chi connectivity index (χ4n) is 4.37. The van der Waals surface area contributed by atoms with Crippen molar-refractivity contribution in [1.29, 1.82) is 0 Å². The lowest BCUT2D eigenvalue weighted by Crippen LogP contribution is -2.20. The second-order valence-electron chi connectivity index (χ2n) is 9.14. The number of phosphoric acid groups is 1. The number of hydrogen-bond acceptors (Lipinski definition) is 4. The average Bonchev–Trinajstić information content (AvgIpc) is 2.98. The van der Waals surface area contributed by atoms with Crippen molar-refractivity contribution < 1.29 is 18.1 Å². The van der Waals surface area contributed by atoms with Crippen LogP contribution in [0.3, 0.4) is 0 Å². The largest absolute Gasteiger partial charge is 0.588 e. The Kier molecular flexibility index (Phi) is 8.90. The van der Waals surface area contributed by atoms with E-state index in [2.05, 4.69) is 24.3 Å². The molecule has 0 bridgehead atoms. The monoisotopic (exact) mass is 533 g/mol. The molecule has 195 valence electrons. The van der Waals surface area contributed by atoms with Crippen molar-refractivity contribution in [3.63, 3.8) is 0 Å². The van der Waals surface area contributed by atoms with Crippen molar-refractivity contribution in [2.75, 3.05) is 0 Å². The van der Waals surface area contributed by atoms with E-state index in [-0.39, 0.29) is 0 Å². The van der Waals surface area contributed by atoms with Crippen molar-refractivity contribution >= 4 is 7.82 Å². The lowest BCUT2D eigenvalue weighted by Gasteiger charge is -2.30. The zero-order valence-corrected chi connectivity index (χ0v) is 22.4. The molecular weight excluding hydrogens is 503 g/mol. The molecule has 1 radical (unpaired) electrons. The van der Waals surface area contributed by atoms with E-state index in [1.54, 1.807) is 24.3 Å². The van der Waals surface area contributed by atoms with Crippen LogP contribution in [0.5, 0.6) is 11.5 Å². The van der Waals surface area contributed by atoms with Crippen LogP contribution in [0.15, 0.2) is 152 Å². The van der Waals surface area contributed by atoms with E-state index in [1.807, 2.05) is 103 Å². The molecule has 0 aliphatic rings. The summed E-state index contributed by atoms with van der Waals surface area (Å²) in [7, 11) is -4.17. The Hall–Kier alpha value is -4.11. The predicted octanol–water partition coefficient (Wildman–Crippen LogP) is 9.07. The molecule has 0 saturated heterocycles. The highest BCUT2D eigenvalue weighted by Gasteiger charge is 2.39. The predicted molar refractivity (Wildman–Crippen MR) is 156 cm³/mol. The van der Waals surface area contributed by atoms with E-state index < -0.39 is 13.9 Å². The third-order valence-corrected chi connectivity index (χ3v) is 7.51. The lowest BCUT2D eigenvalue weighted by atomic mass is 9.85. The molecule has 39 heavy (non-hydrogen) atoms. The van der Waals surface area contributed by atoms with Gasteiger partial charge in [0.1, 0.15) is 17.6 Å². The molecule has 1 unspecified atom stereocenters. The summed E-state index contributed by atoms with van der Waals surface area (Å²) in [6.07, 6.45) is 0.600. The Morgan fingerprint density at radius 3 is 1.28 bits per heavy atom. The molecule has 0 heterocycles. The summed E-state index contributed by atoms with van der Waals surface area (Å²) in [4.78, 5) is 0. The van der Waals surface area contributed by atoms with Crippen molar-refractivity contribution in [2.45, 2.75) is 18.9 Å². The second-order valence-corrected chi connectivity index (χ2v) is 10.6. The molecule has 0 N–H and O–H groups in total. The number of phosphoric ester groups is 1. The van der Waals surface area contributed by atoms with Crippen LogP contribution in [-0.2, 0) is 21.9 Å². The maximum atomic E-state index is 14.5. The van der Waals surface area contributed by atoms with Gasteiger partial charge < -0.3 is 9.05 Å². The van der Waals surface area contributed by atoms with Gasteiger partial charge in [0.05, 0.1) is 0 Å². The molecular formula is C34H30O4P. The van der Waals surface area contributed by atoms with Gasteiger partial charge in [-0.3, -0.25) is 4.52 Å². The number of hydrogen-bond donors (Lipinski definition) is 0. The molecule has 0 spiro atoms. The molecule has 1 atom stereocenters. The maximum Gasteiger partial charge on any atom is 0.588 e. The summed E-state index contributed by atoms with van der Waals surface area (Å²) in [6.45, 7) is 0. The molecule has 0 fully saturated rings. The van der Waals surface area contributed by atoms with Crippen molar-refractivity contribution in [2.24, 2.45) is 0 Å². The number of para-hydroxylation sites is 2. The van der Waals surface area contributed by atoms with Crippen LogP contribution in [0, 0.1) is 5.92 Å². The van der Waals surface area contributed by atoms with Crippen LogP contribution in [-0.4, -0.2) is 0 Å². The molecule has 4 nitrogen and oxygen atoms in total. The smallest absolute Gasteiger partial charge is 0.395 e. The fourth-order valence-corrected chi connectivity index (χ4v) is 5.79. The molecule has 5 aromatic rings. The van der Waals surface area contributed by atoms with E-state index in [4.69, 9.17) is 13.6 Å². The number of benzene rings is 5. The zero-order chi connectivity index (χ0) is 26.8. The standard InChI is InChI=1S/C34H30O4P/c35-39(36-32-22-12-4-13-23-32,37-33-24-14-5-15-25-33)38-34(30-20-10-3-11-21-30)31(26-28-16-6-1-7-17-28)27-29-18-8-2-9-19-29/h1-25,34H,26-27H2. The van der Waals surface area contributed by atoms with Gasteiger partial charge in [-0.15, -0.1) is 0 Å². The summed E-state index contributed by atoms with van der Waals surface area (Å²) in [5, 5.41) is 0. The first-order chi connectivity index (χ1) is 19.2. The normalized spacial score (nSPS) is 12.1. The Morgan fingerprint density at radius 2 is 0.872 bits per heavy atom. The molecule has 0 saturated carbocycles. The highest BCUT2D eigenvalue weighted by atomic mass is 31.2. The number of rotatable bonds is 12. The van der Waals surface area contributed by atoms with E-state index >= 15 is 0 Å². The van der Waals surface area contributed by atoms with Crippen LogP contribution in [0.2, 0.25) is 0 Å². The summed E-state index contributed by atoms with van der Waals surface area (Å²) in [6, 6.07) is 48.2. The summed E-state index contributed by atoms with van der Waals surface area (Å²) in [5.74, 6) is 1.83. The van der Waals surface area contributed by atoms with Crippen LogP contribution in [0.25, 0.3) is 0 Å². The van der Waals surface area contributed by atoms with Crippen LogP contribution < -0.4 is 9.05 Å². The van der Waals surface area contributed by atoms with E-state index in [0.717, 1.165) is 22.6 Å². The van der Waals surface area contributed by atoms with E-state index in [1.165, 1.54) is 0 Å². The quantitative estimate of drug-likeness (QED) is 0.150. The SMILES string of the molecule is O=P(Oc1ccccc1)(Oc1ccccc1)OC([C](Cc1ccccc1)Cc1ccccc1)c1ccccc1. The van der Waals surface area contributed by atoms with E-state index in [9.17, 15) is 4.57 Å². The van der Waals surface area contributed by atoms with Gasteiger partial charge >= 0.3 is 7.82 Å². The van der Waals surface area contributed by atoms with Crippen molar-refractivity contribution in [3.8, 4) is 11.5 Å². The summed E-state index contributed by atoms with van der Waals surface area (Å²) < 4.78 is 33.0. The van der Waals surface area contributed by atoms with Gasteiger partial charge in [-0.25, -0.2) is 4.57 Å². The Labute approximate surface area is 230 Å². The summed E-state index contributed by atoms with van der Waals surface area (Å²) in [5.41, 5.74) is 3.14. The van der Waals surface area contributed by atoms with Gasteiger partial charge in [0, 0.05) is 5.92 Å². The summed E-state index contributed by atoms with van der Waals surface area (Å²) >= 11 is 0. The molecule has 5 aromatic carbocycles. The first-order valence-electron chi connectivity index (χ1n) is 12.9. The molecule has 0 aliphatic carbocycles. The van der Waals surface area contributed by atoms with Crippen molar-refractivity contribution in [1.82, 2.24) is 0 Å².